The number of aliphatic hydroxyl groups is 4. The Labute approximate surface area is 415 Å². The maximum Gasteiger partial charge on any atom is 0.490 e. The molecular formula is C32H43N14O23P4S+. The molecule has 0 aromatic carbocycles. The highest BCUT2D eigenvalue weighted by Gasteiger charge is 2.53. The Bertz CT molecular complexity index is 3420. The third kappa shape index (κ3) is 10.8. The molecule has 37 nitrogen and oxygen atoms in total. The molecular weight excluding hydrogens is 1100 g/mol. The molecule has 3 fully saturated rings. The summed E-state index contributed by atoms with van der Waals surface area (Å²) >= 11 is 5.28. The lowest BCUT2D eigenvalue weighted by Gasteiger charge is -2.28. The summed E-state index contributed by atoms with van der Waals surface area (Å²) in [5.41, 5.74) is 10.3. The average molecular weight is 1150 g/mol. The van der Waals surface area contributed by atoms with E-state index in [1.165, 1.54) is 33.4 Å². The lowest BCUT2D eigenvalue weighted by Crippen LogP contribution is -2.46. The number of aliphatic hydroxyl groups excluding tert-OH is 4. The average Bonchev–Trinajstić information content (AvgIpc) is 4.17. The Morgan fingerprint density at radius 1 is 0.743 bits per heavy atom. The Hall–Kier alpha value is -4.53. The van der Waals surface area contributed by atoms with Gasteiger partial charge in [-0.1, -0.05) is 4.98 Å². The summed E-state index contributed by atoms with van der Waals surface area (Å²) in [6.07, 6.45) is -13.3. The van der Waals surface area contributed by atoms with Crippen LogP contribution >= 0.6 is 30.2 Å². The van der Waals surface area contributed by atoms with E-state index >= 15 is 0 Å². The summed E-state index contributed by atoms with van der Waals surface area (Å²) in [6, 6.07) is 0. The lowest BCUT2D eigenvalue weighted by atomic mass is 10.1. The van der Waals surface area contributed by atoms with E-state index in [2.05, 4.69) is 48.5 Å². The maximum absolute atomic E-state index is 13.2. The molecule has 3 aliphatic heterocycles. The van der Waals surface area contributed by atoms with Gasteiger partial charge in [0, 0.05) is 7.11 Å². The largest absolute Gasteiger partial charge is 0.490 e. The van der Waals surface area contributed by atoms with Crippen molar-refractivity contribution in [1.29, 1.82) is 0 Å². The Kier molecular flexibility index (Phi) is 15.0. The predicted octanol–water partition coefficient (Wildman–Crippen LogP) is -4.18. The number of imidazole rings is 3. The van der Waals surface area contributed by atoms with Gasteiger partial charge >= 0.3 is 35.8 Å². The van der Waals surface area contributed by atoms with Gasteiger partial charge < -0.3 is 74.9 Å². The molecule has 9 rings (SSSR count). The monoisotopic (exact) mass is 1150 g/mol. The number of fused-ring (bicyclic) bond motifs is 3. The number of nitrogens with zero attached hydrogens (tertiary/aromatic N) is 10. The second-order valence-corrected chi connectivity index (χ2v) is 23.7. The third-order valence-electron chi connectivity index (χ3n) is 11.5. The molecule has 9 heterocycles. The van der Waals surface area contributed by atoms with Crippen LogP contribution in [0.5, 0.6) is 0 Å². The first-order chi connectivity index (χ1) is 34.8. The number of nitrogens with one attached hydrogen (secondary N) is 2. The van der Waals surface area contributed by atoms with Crippen LogP contribution in [-0.4, -0.2) is 175 Å². The lowest BCUT2D eigenvalue weighted by molar-refractivity contribution is -0.745. The van der Waals surface area contributed by atoms with Gasteiger partial charge in [0.15, 0.2) is 47.7 Å². The van der Waals surface area contributed by atoms with Crippen molar-refractivity contribution < 1.29 is 104 Å². The van der Waals surface area contributed by atoms with Crippen LogP contribution in [0.15, 0.2) is 41.2 Å². The first kappa shape index (κ1) is 54.3. The number of hydrogen-bond donors (Lipinski definition) is 12. The van der Waals surface area contributed by atoms with E-state index in [0.717, 1.165) is 30.7 Å². The van der Waals surface area contributed by atoms with Crippen molar-refractivity contribution in [2.24, 2.45) is 7.05 Å². The van der Waals surface area contributed by atoms with Gasteiger partial charge in [-0.25, -0.2) is 38.2 Å². The Morgan fingerprint density at radius 3 is 2.04 bits per heavy atom. The molecule has 42 heteroatoms. The number of aromatic nitrogens is 12. The summed E-state index contributed by atoms with van der Waals surface area (Å²) in [6.45, 7) is -7.66. The summed E-state index contributed by atoms with van der Waals surface area (Å²) in [4.78, 5) is 96.2. The Morgan fingerprint density at radius 2 is 1.35 bits per heavy atom. The van der Waals surface area contributed by atoms with Crippen molar-refractivity contribution in [3.63, 3.8) is 0 Å². The SMILES string of the molecule is COC1C(OP(O)(=S)OCC2OC(n3cnc4c(=O)[nH]c(N)nc43)C(O)C2O)C(COP(=O)(O)OP(=O)(O)OP(=O)(O)OCC2OC([n+]3cn(C)c4c(=O)[nH]cnc43)C(O)C2O)OC1n1cnc2c(N)ncnc21. The smallest absolute Gasteiger partial charge is 0.387 e. The summed E-state index contributed by atoms with van der Waals surface area (Å²) in [5, 5.41) is 43.2. The van der Waals surface area contributed by atoms with Crippen LogP contribution in [0.3, 0.4) is 0 Å². The fourth-order valence-corrected chi connectivity index (χ4v) is 13.2. The molecule has 6 aromatic heterocycles. The van der Waals surface area contributed by atoms with Crippen molar-refractivity contribution in [3.8, 4) is 0 Å². The van der Waals surface area contributed by atoms with E-state index in [1.54, 1.807) is 0 Å². The number of nitrogen functional groups attached to an aromatic ring is 2. The van der Waals surface area contributed by atoms with E-state index < -0.39 is 135 Å². The fraction of sp³-hybridized carbons (Fsp3) is 0.531. The number of nitrogens with two attached hydrogens (primary N) is 2. The second-order valence-electron chi connectivity index (χ2n) is 16.2. The molecule has 0 spiro atoms. The number of aryl methyl sites for hydroxylation is 1. The standard InChI is InChI=1S/C32H42N14O23P4S/c1-43-10-46(26-16(43)28(52)38-7-37-26)30-20(50)17(47)11(65-30)3-61-70(53,54)68-72(57,58)69-71(55,56)62-5-13-21(22(60-2)31(66-13)44-8-39-14-23(33)35-6-36-24(14)44)67-73(59,74)63-4-12-18(48)19(49)29(64-12)45-9-40-15-25(45)41-32(34)42-27(15)51/h6-13,17-22,29-31,47-50H,3-5H2,1-2H3,(H9-,33,34,35,36,37,38,41,42,51,52,53,54,55,56,57,58,59,74)/p+1. The van der Waals surface area contributed by atoms with Gasteiger partial charge in [0.2, 0.25) is 17.7 Å². The highest BCUT2D eigenvalue weighted by atomic mass is 32.5. The number of methoxy groups -OCH3 is 1. The minimum Gasteiger partial charge on any atom is -0.387 e. The fourth-order valence-electron chi connectivity index (χ4n) is 8.21. The van der Waals surface area contributed by atoms with Crippen molar-refractivity contribution in [1.82, 2.24) is 53.6 Å². The van der Waals surface area contributed by atoms with Crippen molar-refractivity contribution in [3.05, 3.63) is 52.3 Å². The highest BCUT2D eigenvalue weighted by Crippen LogP contribution is 2.68. The van der Waals surface area contributed by atoms with E-state index in [9.17, 15) is 63.3 Å². The number of anilines is 2. The number of rotatable bonds is 19. The van der Waals surface area contributed by atoms with Gasteiger partial charge in [0.25, 0.3) is 11.1 Å². The minimum absolute atomic E-state index is 0.0157. The summed E-state index contributed by atoms with van der Waals surface area (Å²) in [7, 11) is -15.2. The van der Waals surface area contributed by atoms with Crippen LogP contribution in [0.25, 0.3) is 33.5 Å². The number of H-pyrrole nitrogens is 2. The van der Waals surface area contributed by atoms with Crippen LogP contribution in [0.4, 0.5) is 11.8 Å². The summed E-state index contributed by atoms with van der Waals surface area (Å²) < 4.78 is 96.5. The van der Waals surface area contributed by atoms with Crippen molar-refractivity contribution >= 4 is 87.3 Å². The zero-order chi connectivity index (χ0) is 53.4. The molecule has 0 radical (unpaired) electrons. The number of aromatic amines is 2. The van der Waals surface area contributed by atoms with Gasteiger partial charge in [-0.05, 0) is 11.8 Å². The molecule has 16 unspecified atom stereocenters. The van der Waals surface area contributed by atoms with Gasteiger partial charge in [0.1, 0.15) is 66.8 Å². The molecule has 74 heavy (non-hydrogen) atoms. The Balaban J connectivity index is 0.861. The predicted molar refractivity (Wildman–Crippen MR) is 241 cm³/mol. The normalized spacial score (nSPS) is 30.7. The number of hydrogen-bond acceptors (Lipinski definition) is 28. The number of phosphoric acid groups is 3. The number of ether oxygens (including phenoxy) is 4. The maximum atomic E-state index is 13.2. The zero-order valence-corrected chi connectivity index (χ0v) is 41.9. The van der Waals surface area contributed by atoms with Crippen LogP contribution in [0.2, 0.25) is 0 Å². The molecule has 3 saturated heterocycles. The van der Waals surface area contributed by atoms with Gasteiger partial charge in [-0.3, -0.25) is 46.8 Å². The van der Waals surface area contributed by atoms with E-state index in [4.69, 9.17) is 60.3 Å². The van der Waals surface area contributed by atoms with Crippen LogP contribution in [0.1, 0.15) is 18.7 Å². The van der Waals surface area contributed by atoms with Crippen molar-refractivity contribution in [2.45, 2.75) is 73.6 Å². The second kappa shape index (κ2) is 20.4. The molecule has 16 atom stereocenters. The van der Waals surface area contributed by atoms with Gasteiger partial charge in [-0.2, -0.15) is 13.6 Å². The van der Waals surface area contributed by atoms with E-state index in [0.29, 0.717) is 0 Å². The zero-order valence-electron chi connectivity index (χ0n) is 37.5. The van der Waals surface area contributed by atoms with Gasteiger partial charge in [-0.15, -0.1) is 0 Å². The number of phosphoric ester groups is 2. The molecule has 0 saturated carbocycles. The van der Waals surface area contributed by atoms with Gasteiger partial charge in [0.05, 0.1) is 39.5 Å². The van der Waals surface area contributed by atoms with Crippen LogP contribution in [0, 0.1) is 0 Å². The molecule has 6 aromatic rings. The van der Waals surface area contributed by atoms with Crippen LogP contribution in [-0.2, 0) is 78.2 Å². The third-order valence-corrected chi connectivity index (χ3v) is 17.3. The molecule has 404 valence electrons. The summed E-state index contributed by atoms with van der Waals surface area (Å²) in [5.74, 6) is -0.338. The quantitative estimate of drug-likeness (QED) is 0.0270. The molecule has 0 amide bonds. The first-order valence-electron chi connectivity index (χ1n) is 20.9. The molecule has 0 aliphatic carbocycles. The molecule has 3 aliphatic rings. The van der Waals surface area contributed by atoms with E-state index in [-0.39, 0.29) is 45.3 Å². The van der Waals surface area contributed by atoms with E-state index in [1.807, 2.05) is 0 Å². The molecule has 0 bridgehead atoms. The highest BCUT2D eigenvalue weighted by molar-refractivity contribution is 8.07. The topological polar surface area (TPSA) is 519 Å². The van der Waals surface area contributed by atoms with Crippen LogP contribution < -0.4 is 27.2 Å². The molecule has 14 N–H and O–H groups in total. The first-order valence-corrected chi connectivity index (χ1v) is 28.0. The minimum atomic E-state index is -6.15. The van der Waals surface area contributed by atoms with Crippen molar-refractivity contribution in [2.75, 3.05) is 38.4 Å².